The average molecular weight is 286 g/mol. The zero-order valence-electron chi connectivity index (χ0n) is 11.0. The van der Waals surface area contributed by atoms with Crippen molar-refractivity contribution in [2.24, 2.45) is 0 Å². The van der Waals surface area contributed by atoms with Crippen LogP contribution in [0.15, 0.2) is 6.20 Å². The van der Waals surface area contributed by atoms with Gasteiger partial charge in [0.05, 0.1) is 17.2 Å². The van der Waals surface area contributed by atoms with Crippen molar-refractivity contribution in [1.29, 1.82) is 0 Å². The number of nitrogens with two attached hydrogens (primary N) is 1. The molecule has 1 aromatic heterocycles. The van der Waals surface area contributed by atoms with Crippen LogP contribution in [0.4, 0.5) is 5.69 Å². The number of hydrogen-bond donors (Lipinski definition) is 1. The monoisotopic (exact) mass is 286 g/mol. The lowest BCUT2D eigenvalue weighted by Crippen LogP contribution is -2.38. The topological polar surface area (TPSA) is 98.3 Å². The second-order valence-electron chi connectivity index (χ2n) is 4.76. The predicted molar refractivity (Wildman–Crippen MR) is 71.5 cm³/mol. The van der Waals surface area contributed by atoms with Crippen LogP contribution in [0.25, 0.3) is 0 Å². The van der Waals surface area contributed by atoms with Crippen molar-refractivity contribution < 1.29 is 13.2 Å². The molecule has 0 aromatic carbocycles. The molecule has 2 rings (SSSR count). The van der Waals surface area contributed by atoms with Crippen LogP contribution in [0.3, 0.4) is 0 Å². The number of hydrogen-bond acceptors (Lipinski definition) is 5. The Morgan fingerprint density at radius 3 is 2.79 bits per heavy atom. The fraction of sp³-hybridized carbons (Fsp3) is 0.636. The molecule has 0 radical (unpaired) electrons. The number of nitrogen functional groups attached to an aromatic ring is 1. The molecule has 7 nitrogen and oxygen atoms in total. The molecule has 1 atom stereocenters. The van der Waals surface area contributed by atoms with Crippen LogP contribution in [-0.4, -0.2) is 53.6 Å². The fourth-order valence-electron chi connectivity index (χ4n) is 2.18. The van der Waals surface area contributed by atoms with Crippen molar-refractivity contribution in [3.8, 4) is 0 Å². The molecule has 19 heavy (non-hydrogen) atoms. The molecule has 106 valence electrons. The van der Waals surface area contributed by atoms with E-state index < -0.39 is 9.84 Å². The Morgan fingerprint density at radius 1 is 1.63 bits per heavy atom. The summed E-state index contributed by atoms with van der Waals surface area (Å²) < 4.78 is 24.5. The van der Waals surface area contributed by atoms with E-state index in [0.717, 1.165) is 0 Å². The lowest BCUT2D eigenvalue weighted by atomic mass is 10.2. The molecule has 8 heteroatoms. The van der Waals surface area contributed by atoms with Crippen molar-refractivity contribution in [2.75, 3.05) is 24.3 Å². The molecule has 1 aliphatic heterocycles. The first-order chi connectivity index (χ1) is 8.84. The maximum absolute atomic E-state index is 12.3. The Labute approximate surface area is 112 Å². The number of aryl methyl sites for hydroxylation is 1. The van der Waals surface area contributed by atoms with Crippen LogP contribution in [0.2, 0.25) is 0 Å². The van der Waals surface area contributed by atoms with Crippen molar-refractivity contribution in [3.05, 3.63) is 11.9 Å². The number of nitrogens with zero attached hydrogens (tertiary/aromatic N) is 3. The number of amides is 1. The van der Waals surface area contributed by atoms with Crippen LogP contribution >= 0.6 is 0 Å². The third-order valence-corrected chi connectivity index (χ3v) is 5.14. The van der Waals surface area contributed by atoms with Gasteiger partial charge in [-0.05, 0) is 13.3 Å². The maximum atomic E-state index is 12.3. The molecule has 2 N–H and O–H groups in total. The van der Waals surface area contributed by atoms with Gasteiger partial charge in [0.1, 0.15) is 0 Å². The van der Waals surface area contributed by atoms with Crippen molar-refractivity contribution in [1.82, 2.24) is 14.7 Å². The third kappa shape index (κ3) is 2.73. The van der Waals surface area contributed by atoms with E-state index in [1.807, 2.05) is 6.92 Å². The van der Waals surface area contributed by atoms with Crippen LogP contribution in [0, 0.1) is 0 Å². The Hall–Kier alpha value is -1.57. The van der Waals surface area contributed by atoms with Crippen LogP contribution in [0.5, 0.6) is 0 Å². The molecule has 0 bridgehead atoms. The standard InChI is InChI=1S/C11H18N4O3S/c1-3-15-6-9(12)10(13-15)11(16)14(2)8-4-5-19(17,18)7-8/h6,8H,3-5,7,12H2,1-2H3. The number of rotatable bonds is 3. The SMILES string of the molecule is CCn1cc(N)c(C(=O)N(C)C2CCS(=O)(=O)C2)n1. The minimum atomic E-state index is -3.02. The van der Waals surface area contributed by atoms with Gasteiger partial charge in [0.25, 0.3) is 5.91 Å². The maximum Gasteiger partial charge on any atom is 0.276 e. The number of carbonyl (C=O) groups is 1. The molecule has 1 fully saturated rings. The summed E-state index contributed by atoms with van der Waals surface area (Å²) in [5.41, 5.74) is 6.27. The van der Waals surface area contributed by atoms with E-state index in [9.17, 15) is 13.2 Å². The van der Waals surface area contributed by atoms with Gasteiger partial charge in [-0.1, -0.05) is 0 Å². The number of carbonyl (C=O) groups excluding carboxylic acids is 1. The van der Waals surface area contributed by atoms with Gasteiger partial charge in [-0.15, -0.1) is 0 Å². The number of anilines is 1. The van der Waals surface area contributed by atoms with Gasteiger partial charge >= 0.3 is 0 Å². The second kappa shape index (κ2) is 4.84. The molecule has 0 saturated carbocycles. The van der Waals surface area contributed by atoms with Gasteiger partial charge in [-0.3, -0.25) is 9.48 Å². The summed E-state index contributed by atoms with van der Waals surface area (Å²) in [4.78, 5) is 13.7. The molecule has 1 saturated heterocycles. The molecule has 0 spiro atoms. The molecule has 2 heterocycles. The quantitative estimate of drug-likeness (QED) is 0.825. The molecular weight excluding hydrogens is 268 g/mol. The van der Waals surface area contributed by atoms with Crippen molar-refractivity contribution >= 4 is 21.4 Å². The Balaban J connectivity index is 2.17. The first kappa shape index (κ1) is 13.9. The van der Waals surface area contributed by atoms with Crippen molar-refractivity contribution in [3.63, 3.8) is 0 Å². The Kier molecular flexibility index (Phi) is 3.53. The van der Waals surface area contributed by atoms with E-state index in [1.165, 1.54) is 4.90 Å². The highest BCUT2D eigenvalue weighted by Crippen LogP contribution is 2.20. The molecule has 1 aliphatic rings. The molecule has 0 aliphatic carbocycles. The van der Waals surface area contributed by atoms with E-state index >= 15 is 0 Å². The number of aromatic nitrogens is 2. The first-order valence-corrected chi connectivity index (χ1v) is 7.96. The van der Waals surface area contributed by atoms with Crippen LogP contribution in [0.1, 0.15) is 23.8 Å². The highest BCUT2D eigenvalue weighted by molar-refractivity contribution is 7.91. The van der Waals surface area contributed by atoms with E-state index in [0.29, 0.717) is 18.7 Å². The summed E-state index contributed by atoms with van der Waals surface area (Å²) in [5.74, 6) is -0.176. The van der Waals surface area contributed by atoms with E-state index in [1.54, 1.807) is 17.9 Å². The van der Waals surface area contributed by atoms with E-state index in [2.05, 4.69) is 5.10 Å². The van der Waals surface area contributed by atoms with Crippen LogP contribution < -0.4 is 5.73 Å². The summed E-state index contributed by atoms with van der Waals surface area (Å²) in [6.45, 7) is 2.52. The minimum absolute atomic E-state index is 0.0175. The summed E-state index contributed by atoms with van der Waals surface area (Å²) >= 11 is 0. The third-order valence-electron chi connectivity index (χ3n) is 3.39. The molecule has 1 unspecified atom stereocenters. The van der Waals surface area contributed by atoms with Gasteiger partial charge < -0.3 is 10.6 Å². The van der Waals surface area contributed by atoms with Gasteiger partial charge in [0, 0.05) is 25.8 Å². The average Bonchev–Trinajstić information content (AvgIpc) is 2.90. The number of sulfone groups is 1. The molecular formula is C11H18N4O3S. The largest absolute Gasteiger partial charge is 0.396 e. The highest BCUT2D eigenvalue weighted by atomic mass is 32.2. The normalized spacial score (nSPS) is 21.5. The predicted octanol–water partition coefficient (Wildman–Crippen LogP) is -0.256. The van der Waals surface area contributed by atoms with Crippen molar-refractivity contribution in [2.45, 2.75) is 25.9 Å². The smallest absolute Gasteiger partial charge is 0.276 e. The first-order valence-electron chi connectivity index (χ1n) is 6.14. The fourth-order valence-corrected chi connectivity index (χ4v) is 3.95. The summed E-state index contributed by atoms with van der Waals surface area (Å²) in [6.07, 6.45) is 2.07. The highest BCUT2D eigenvalue weighted by Gasteiger charge is 2.34. The summed E-state index contributed by atoms with van der Waals surface area (Å²) in [5, 5.41) is 4.11. The molecule has 1 aromatic rings. The van der Waals surface area contributed by atoms with Gasteiger partial charge in [0.15, 0.2) is 15.5 Å². The lowest BCUT2D eigenvalue weighted by molar-refractivity contribution is 0.0742. The Bertz CT molecular complexity index is 593. The van der Waals surface area contributed by atoms with E-state index in [-0.39, 0.29) is 29.1 Å². The van der Waals surface area contributed by atoms with Gasteiger partial charge in [-0.25, -0.2) is 8.42 Å². The lowest BCUT2D eigenvalue weighted by Gasteiger charge is -2.22. The van der Waals surface area contributed by atoms with E-state index in [4.69, 9.17) is 5.73 Å². The van der Waals surface area contributed by atoms with Gasteiger partial charge in [0.2, 0.25) is 0 Å². The van der Waals surface area contributed by atoms with Gasteiger partial charge in [-0.2, -0.15) is 5.10 Å². The second-order valence-corrected chi connectivity index (χ2v) is 6.99. The zero-order chi connectivity index (χ0) is 14.2. The zero-order valence-corrected chi connectivity index (χ0v) is 11.9. The summed E-state index contributed by atoms with van der Waals surface area (Å²) in [6, 6.07) is -0.288. The summed E-state index contributed by atoms with van der Waals surface area (Å²) in [7, 11) is -1.42. The minimum Gasteiger partial charge on any atom is -0.396 e. The Morgan fingerprint density at radius 2 is 2.32 bits per heavy atom. The molecule has 1 amide bonds. The van der Waals surface area contributed by atoms with Crippen LogP contribution in [-0.2, 0) is 16.4 Å².